The van der Waals surface area contributed by atoms with Gasteiger partial charge in [-0.2, -0.15) is 5.10 Å². The highest BCUT2D eigenvalue weighted by Gasteiger charge is 2.21. The fourth-order valence-corrected chi connectivity index (χ4v) is 3.98. The first-order valence-corrected chi connectivity index (χ1v) is 10.2. The number of nitrogens with zero attached hydrogens (tertiary/aromatic N) is 5. The molecule has 0 spiro atoms. The number of hydrogen-bond acceptors (Lipinski definition) is 4. The summed E-state index contributed by atoms with van der Waals surface area (Å²) in [5, 5.41) is 5.44. The molecule has 3 aromatic rings. The van der Waals surface area contributed by atoms with Crippen molar-refractivity contribution in [1.82, 2.24) is 24.6 Å². The molecular formula is C22H26ClN5. The Morgan fingerprint density at radius 1 is 0.857 bits per heavy atom. The summed E-state index contributed by atoms with van der Waals surface area (Å²) in [5.41, 5.74) is 4.52. The fourth-order valence-electron chi connectivity index (χ4n) is 3.68. The Hall–Kier alpha value is -2.21. The molecule has 3 heterocycles. The minimum Gasteiger partial charge on any atom is -0.296 e. The van der Waals surface area contributed by atoms with Crippen molar-refractivity contribution in [2.45, 2.75) is 26.6 Å². The van der Waals surface area contributed by atoms with Gasteiger partial charge in [0.1, 0.15) is 5.15 Å². The second kappa shape index (κ2) is 8.86. The van der Waals surface area contributed by atoms with Gasteiger partial charge in [-0.1, -0.05) is 48.0 Å². The lowest BCUT2D eigenvalue weighted by molar-refractivity contribution is 0.121. The van der Waals surface area contributed by atoms with Crippen LogP contribution >= 0.6 is 11.6 Å². The summed E-state index contributed by atoms with van der Waals surface area (Å²) in [6.07, 6.45) is 1.86. The first kappa shape index (κ1) is 19.1. The standard InChI is InChI=1S/C22H26ClN5/c1-18-21(22(23)28(25-18)15-19-7-3-2-4-8-19)17-27-13-11-26(12-14-27)16-20-9-5-6-10-24-20/h2-10H,11-17H2,1H3. The van der Waals surface area contributed by atoms with Crippen LogP contribution in [0, 0.1) is 6.92 Å². The van der Waals surface area contributed by atoms with Crippen LogP contribution in [0.1, 0.15) is 22.5 Å². The maximum Gasteiger partial charge on any atom is 0.132 e. The topological polar surface area (TPSA) is 37.2 Å². The van der Waals surface area contributed by atoms with Crippen LogP contribution in [0.3, 0.4) is 0 Å². The van der Waals surface area contributed by atoms with Crippen molar-refractivity contribution in [3.05, 3.63) is 82.4 Å². The number of halogens is 1. The molecule has 0 radical (unpaired) electrons. The van der Waals surface area contributed by atoms with E-state index in [-0.39, 0.29) is 0 Å². The zero-order chi connectivity index (χ0) is 19.3. The summed E-state index contributed by atoms with van der Waals surface area (Å²) in [4.78, 5) is 9.37. The van der Waals surface area contributed by atoms with E-state index in [9.17, 15) is 0 Å². The minimum atomic E-state index is 0.707. The zero-order valence-corrected chi connectivity index (χ0v) is 17.0. The summed E-state index contributed by atoms with van der Waals surface area (Å²) < 4.78 is 1.92. The van der Waals surface area contributed by atoms with Crippen molar-refractivity contribution in [1.29, 1.82) is 0 Å². The predicted octanol–water partition coefficient (Wildman–Crippen LogP) is 3.61. The summed E-state index contributed by atoms with van der Waals surface area (Å²) >= 11 is 6.69. The largest absolute Gasteiger partial charge is 0.296 e. The third-order valence-corrected chi connectivity index (χ3v) is 5.74. The third kappa shape index (κ3) is 4.61. The second-order valence-corrected chi connectivity index (χ2v) is 7.73. The number of aryl methyl sites for hydroxylation is 1. The van der Waals surface area contributed by atoms with E-state index in [0.29, 0.717) is 6.54 Å². The van der Waals surface area contributed by atoms with Crippen LogP contribution in [0.5, 0.6) is 0 Å². The smallest absolute Gasteiger partial charge is 0.132 e. The summed E-state index contributed by atoms with van der Waals surface area (Å²) in [7, 11) is 0. The van der Waals surface area contributed by atoms with E-state index < -0.39 is 0 Å². The highest BCUT2D eigenvalue weighted by molar-refractivity contribution is 6.30. The molecule has 5 nitrogen and oxygen atoms in total. The minimum absolute atomic E-state index is 0.707. The van der Waals surface area contributed by atoms with Gasteiger partial charge in [0.15, 0.2) is 0 Å². The maximum atomic E-state index is 6.69. The molecule has 0 unspecified atom stereocenters. The van der Waals surface area contributed by atoms with Gasteiger partial charge in [-0.05, 0) is 24.6 Å². The van der Waals surface area contributed by atoms with E-state index in [0.717, 1.165) is 61.4 Å². The zero-order valence-electron chi connectivity index (χ0n) is 16.3. The Kier molecular flexibility index (Phi) is 6.05. The number of pyridine rings is 1. The van der Waals surface area contributed by atoms with Gasteiger partial charge in [-0.25, -0.2) is 4.68 Å². The van der Waals surface area contributed by atoms with E-state index in [1.54, 1.807) is 0 Å². The molecule has 0 saturated carbocycles. The Morgan fingerprint density at radius 2 is 1.54 bits per heavy atom. The molecular weight excluding hydrogens is 370 g/mol. The molecule has 1 aliphatic heterocycles. The third-order valence-electron chi connectivity index (χ3n) is 5.32. The van der Waals surface area contributed by atoms with Gasteiger partial charge < -0.3 is 0 Å². The number of aromatic nitrogens is 3. The molecule has 0 bridgehead atoms. The normalized spacial score (nSPS) is 15.8. The molecule has 1 fully saturated rings. The van der Waals surface area contributed by atoms with Crippen LogP contribution < -0.4 is 0 Å². The van der Waals surface area contributed by atoms with Crippen LogP contribution in [0.4, 0.5) is 0 Å². The molecule has 4 rings (SSSR count). The number of piperazine rings is 1. The van der Waals surface area contributed by atoms with Crippen molar-refractivity contribution in [2.24, 2.45) is 0 Å². The van der Waals surface area contributed by atoms with Gasteiger partial charge in [-0.15, -0.1) is 0 Å². The molecule has 0 amide bonds. The van der Waals surface area contributed by atoms with Crippen molar-refractivity contribution in [3.8, 4) is 0 Å². The maximum absolute atomic E-state index is 6.69. The van der Waals surface area contributed by atoms with Crippen molar-refractivity contribution >= 4 is 11.6 Å². The summed E-state index contributed by atoms with van der Waals surface area (Å²) in [5.74, 6) is 0. The van der Waals surface area contributed by atoms with Crippen LogP contribution in [-0.2, 0) is 19.6 Å². The Balaban J connectivity index is 1.35. The van der Waals surface area contributed by atoms with E-state index in [1.807, 2.05) is 35.1 Å². The van der Waals surface area contributed by atoms with E-state index in [4.69, 9.17) is 11.6 Å². The van der Waals surface area contributed by atoms with Crippen LogP contribution in [0.15, 0.2) is 54.7 Å². The quantitative estimate of drug-likeness (QED) is 0.639. The predicted molar refractivity (Wildman–Crippen MR) is 112 cm³/mol. The average molecular weight is 396 g/mol. The average Bonchev–Trinajstić information content (AvgIpc) is 2.98. The van der Waals surface area contributed by atoms with Crippen LogP contribution in [0.2, 0.25) is 5.15 Å². The molecule has 0 aliphatic carbocycles. The van der Waals surface area contributed by atoms with Crippen LogP contribution in [0.25, 0.3) is 0 Å². The van der Waals surface area contributed by atoms with Crippen molar-refractivity contribution in [2.75, 3.05) is 26.2 Å². The molecule has 28 heavy (non-hydrogen) atoms. The monoisotopic (exact) mass is 395 g/mol. The van der Waals surface area contributed by atoms with E-state index in [1.165, 1.54) is 5.56 Å². The van der Waals surface area contributed by atoms with Gasteiger partial charge in [0.25, 0.3) is 0 Å². The number of benzene rings is 1. The number of rotatable bonds is 6. The molecule has 6 heteroatoms. The molecule has 146 valence electrons. The highest BCUT2D eigenvalue weighted by Crippen LogP contribution is 2.23. The van der Waals surface area contributed by atoms with E-state index in [2.05, 4.69) is 51.1 Å². The highest BCUT2D eigenvalue weighted by atomic mass is 35.5. The molecule has 0 N–H and O–H groups in total. The first-order chi connectivity index (χ1) is 13.7. The van der Waals surface area contributed by atoms with Crippen molar-refractivity contribution < 1.29 is 0 Å². The van der Waals surface area contributed by atoms with Crippen molar-refractivity contribution in [3.63, 3.8) is 0 Å². The van der Waals surface area contributed by atoms with Gasteiger partial charge in [-0.3, -0.25) is 14.8 Å². The second-order valence-electron chi connectivity index (χ2n) is 7.37. The lowest BCUT2D eigenvalue weighted by atomic mass is 10.2. The molecule has 2 aromatic heterocycles. The molecule has 1 aromatic carbocycles. The Labute approximate surface area is 171 Å². The lowest BCUT2D eigenvalue weighted by Gasteiger charge is -2.34. The lowest BCUT2D eigenvalue weighted by Crippen LogP contribution is -2.45. The summed E-state index contributed by atoms with van der Waals surface area (Å²) in [6, 6.07) is 16.4. The van der Waals surface area contributed by atoms with Gasteiger partial charge in [0, 0.05) is 51.0 Å². The molecule has 1 saturated heterocycles. The molecule has 1 aliphatic rings. The molecule has 0 atom stereocenters. The van der Waals surface area contributed by atoms with Gasteiger partial charge in [0.2, 0.25) is 0 Å². The van der Waals surface area contributed by atoms with Crippen LogP contribution in [-0.4, -0.2) is 50.7 Å². The fraction of sp³-hybridized carbons (Fsp3) is 0.364. The van der Waals surface area contributed by atoms with E-state index >= 15 is 0 Å². The first-order valence-electron chi connectivity index (χ1n) is 9.79. The van der Waals surface area contributed by atoms with Gasteiger partial charge in [0.05, 0.1) is 17.9 Å². The Bertz CT molecular complexity index is 886. The Morgan fingerprint density at radius 3 is 2.21 bits per heavy atom. The van der Waals surface area contributed by atoms with Gasteiger partial charge >= 0.3 is 0 Å². The number of hydrogen-bond donors (Lipinski definition) is 0. The SMILES string of the molecule is Cc1nn(Cc2ccccc2)c(Cl)c1CN1CCN(Cc2ccccn2)CC1. The summed E-state index contributed by atoms with van der Waals surface area (Å²) in [6.45, 7) is 8.70.